The maximum absolute atomic E-state index is 11.8. The second-order valence-corrected chi connectivity index (χ2v) is 4.76. The van der Waals surface area contributed by atoms with Crippen LogP contribution in [0.4, 0.5) is 5.69 Å². The SMILES string of the molecule is Nc1cccc(CCN2CC3CC(O3)C2=O)c1. The van der Waals surface area contributed by atoms with Crippen LogP contribution in [0.2, 0.25) is 0 Å². The third-order valence-electron chi connectivity index (χ3n) is 3.47. The van der Waals surface area contributed by atoms with Gasteiger partial charge in [-0.1, -0.05) is 12.1 Å². The zero-order valence-electron chi connectivity index (χ0n) is 9.63. The predicted molar refractivity (Wildman–Crippen MR) is 64.4 cm³/mol. The number of rotatable bonds is 3. The second-order valence-electron chi connectivity index (χ2n) is 4.76. The number of nitrogen functional groups attached to an aromatic ring is 1. The van der Waals surface area contributed by atoms with Crippen molar-refractivity contribution >= 4 is 11.6 Å². The highest BCUT2D eigenvalue weighted by atomic mass is 16.5. The lowest BCUT2D eigenvalue weighted by Gasteiger charge is -2.46. The number of nitrogens with two attached hydrogens (primary N) is 1. The minimum atomic E-state index is -0.158. The first-order valence-electron chi connectivity index (χ1n) is 6.01. The minimum Gasteiger partial charge on any atom is -0.399 e. The summed E-state index contributed by atoms with van der Waals surface area (Å²) in [4.78, 5) is 13.7. The first-order chi connectivity index (χ1) is 8.22. The molecule has 2 N–H and O–H groups in total. The largest absolute Gasteiger partial charge is 0.399 e. The van der Waals surface area contributed by atoms with Crippen molar-refractivity contribution in [2.45, 2.75) is 25.0 Å². The standard InChI is InChI=1S/C13H16N2O2/c14-10-3-1-2-9(6-10)4-5-15-8-11-7-12(17-11)13(15)16/h1-3,6,11-12H,4-5,7-8,14H2. The Labute approximate surface area is 100 Å². The normalized spacial score (nSPS) is 26.8. The van der Waals surface area contributed by atoms with Gasteiger partial charge in [-0.3, -0.25) is 4.79 Å². The number of piperidine rings is 1. The smallest absolute Gasteiger partial charge is 0.251 e. The van der Waals surface area contributed by atoms with E-state index in [9.17, 15) is 4.79 Å². The summed E-state index contributed by atoms with van der Waals surface area (Å²) in [6.07, 6.45) is 1.89. The van der Waals surface area contributed by atoms with E-state index in [0.717, 1.165) is 31.6 Å². The van der Waals surface area contributed by atoms with Gasteiger partial charge in [0.1, 0.15) is 6.10 Å². The number of hydrogen-bond acceptors (Lipinski definition) is 3. The Kier molecular flexibility index (Phi) is 2.52. The molecule has 1 amide bonds. The van der Waals surface area contributed by atoms with Crippen LogP contribution in [-0.2, 0) is 16.0 Å². The molecule has 4 rings (SSSR count). The molecule has 2 unspecified atom stereocenters. The Hall–Kier alpha value is -1.55. The molecule has 17 heavy (non-hydrogen) atoms. The van der Waals surface area contributed by atoms with Crippen LogP contribution >= 0.6 is 0 Å². The van der Waals surface area contributed by atoms with Crippen molar-refractivity contribution in [3.05, 3.63) is 29.8 Å². The van der Waals surface area contributed by atoms with Crippen molar-refractivity contribution in [2.75, 3.05) is 18.8 Å². The number of benzene rings is 1. The summed E-state index contributed by atoms with van der Waals surface area (Å²) in [7, 11) is 0. The molecule has 2 bridgehead atoms. The molecule has 3 saturated heterocycles. The van der Waals surface area contributed by atoms with Gasteiger partial charge in [0.05, 0.1) is 6.10 Å². The lowest BCUT2D eigenvalue weighted by Crippen LogP contribution is -2.61. The molecular weight excluding hydrogens is 216 g/mol. The summed E-state index contributed by atoms with van der Waals surface area (Å²) in [5.74, 6) is 0.149. The molecule has 0 aliphatic carbocycles. The van der Waals surface area contributed by atoms with E-state index in [1.165, 1.54) is 5.56 Å². The number of carbonyl (C=O) groups excluding carboxylic acids is 1. The van der Waals surface area contributed by atoms with Gasteiger partial charge >= 0.3 is 0 Å². The molecule has 0 spiro atoms. The van der Waals surface area contributed by atoms with Crippen molar-refractivity contribution in [3.8, 4) is 0 Å². The topological polar surface area (TPSA) is 55.6 Å². The van der Waals surface area contributed by atoms with Gasteiger partial charge in [-0.2, -0.15) is 0 Å². The Balaban J connectivity index is 1.59. The molecule has 3 fully saturated rings. The van der Waals surface area contributed by atoms with Crippen molar-refractivity contribution in [2.24, 2.45) is 0 Å². The molecule has 4 heteroatoms. The second kappa shape index (κ2) is 4.04. The van der Waals surface area contributed by atoms with Gasteiger partial charge < -0.3 is 15.4 Å². The van der Waals surface area contributed by atoms with E-state index in [1.807, 2.05) is 29.2 Å². The fourth-order valence-electron chi connectivity index (χ4n) is 2.49. The number of morpholine rings is 1. The van der Waals surface area contributed by atoms with Crippen LogP contribution in [0.25, 0.3) is 0 Å². The van der Waals surface area contributed by atoms with Crippen molar-refractivity contribution in [3.63, 3.8) is 0 Å². The molecule has 1 aromatic rings. The van der Waals surface area contributed by atoms with E-state index in [-0.39, 0.29) is 18.1 Å². The van der Waals surface area contributed by atoms with Crippen LogP contribution in [0.15, 0.2) is 24.3 Å². The molecule has 4 nitrogen and oxygen atoms in total. The van der Waals surface area contributed by atoms with Crippen LogP contribution in [0.1, 0.15) is 12.0 Å². The number of fused-ring (bicyclic) bond motifs is 2. The highest BCUT2D eigenvalue weighted by Crippen LogP contribution is 2.29. The van der Waals surface area contributed by atoms with Gasteiger partial charge in [-0.05, 0) is 24.1 Å². The van der Waals surface area contributed by atoms with Crippen LogP contribution < -0.4 is 5.73 Å². The monoisotopic (exact) mass is 232 g/mol. The quantitative estimate of drug-likeness (QED) is 0.785. The number of anilines is 1. The number of amides is 1. The van der Waals surface area contributed by atoms with E-state index in [4.69, 9.17) is 10.5 Å². The molecule has 0 radical (unpaired) electrons. The van der Waals surface area contributed by atoms with Crippen LogP contribution in [0, 0.1) is 0 Å². The number of nitrogens with zero attached hydrogens (tertiary/aromatic N) is 1. The molecule has 3 heterocycles. The zero-order chi connectivity index (χ0) is 11.8. The average molecular weight is 232 g/mol. The fraction of sp³-hybridized carbons (Fsp3) is 0.462. The Morgan fingerprint density at radius 3 is 3.00 bits per heavy atom. The molecular formula is C13H16N2O2. The van der Waals surface area contributed by atoms with E-state index in [0.29, 0.717) is 0 Å². The first kappa shape index (κ1) is 10.6. The Morgan fingerprint density at radius 1 is 1.47 bits per heavy atom. The number of carbonyl (C=O) groups is 1. The third kappa shape index (κ3) is 2.00. The summed E-state index contributed by atoms with van der Waals surface area (Å²) < 4.78 is 5.38. The molecule has 90 valence electrons. The maximum Gasteiger partial charge on any atom is 0.251 e. The van der Waals surface area contributed by atoms with Gasteiger partial charge in [0.15, 0.2) is 0 Å². The average Bonchev–Trinajstić information content (AvgIpc) is 2.26. The molecule has 0 saturated carbocycles. The van der Waals surface area contributed by atoms with Crippen molar-refractivity contribution in [1.29, 1.82) is 0 Å². The van der Waals surface area contributed by atoms with E-state index < -0.39 is 0 Å². The number of hydrogen-bond donors (Lipinski definition) is 1. The van der Waals surface area contributed by atoms with Crippen LogP contribution in [-0.4, -0.2) is 36.1 Å². The van der Waals surface area contributed by atoms with Crippen molar-refractivity contribution < 1.29 is 9.53 Å². The third-order valence-corrected chi connectivity index (χ3v) is 3.47. The summed E-state index contributed by atoms with van der Waals surface area (Å²) in [5, 5.41) is 0. The Bertz CT molecular complexity index is 441. The van der Waals surface area contributed by atoms with Crippen molar-refractivity contribution in [1.82, 2.24) is 4.90 Å². The van der Waals surface area contributed by atoms with Crippen LogP contribution in [0.5, 0.6) is 0 Å². The summed E-state index contributed by atoms with van der Waals surface area (Å²) in [5.41, 5.74) is 7.68. The number of ether oxygens (including phenoxy) is 1. The zero-order valence-corrected chi connectivity index (χ0v) is 9.63. The van der Waals surface area contributed by atoms with Gasteiger partial charge in [-0.15, -0.1) is 0 Å². The summed E-state index contributed by atoms with van der Waals surface area (Å²) in [6, 6.07) is 7.83. The molecule has 3 aliphatic heterocycles. The van der Waals surface area contributed by atoms with E-state index >= 15 is 0 Å². The lowest BCUT2D eigenvalue weighted by atomic mass is 9.97. The van der Waals surface area contributed by atoms with Gasteiger partial charge in [0.2, 0.25) is 0 Å². The van der Waals surface area contributed by atoms with E-state index in [2.05, 4.69) is 0 Å². The van der Waals surface area contributed by atoms with Gasteiger partial charge in [-0.25, -0.2) is 0 Å². The highest BCUT2D eigenvalue weighted by molar-refractivity contribution is 5.83. The van der Waals surface area contributed by atoms with Gasteiger partial charge in [0, 0.05) is 25.2 Å². The predicted octanol–water partition coefficient (Wildman–Crippen LogP) is 0.811. The fourth-order valence-corrected chi connectivity index (χ4v) is 2.49. The molecule has 1 aromatic carbocycles. The highest BCUT2D eigenvalue weighted by Gasteiger charge is 2.44. The minimum absolute atomic E-state index is 0.149. The Morgan fingerprint density at radius 2 is 2.29 bits per heavy atom. The summed E-state index contributed by atoms with van der Waals surface area (Å²) >= 11 is 0. The van der Waals surface area contributed by atoms with E-state index in [1.54, 1.807) is 0 Å². The molecule has 2 atom stereocenters. The first-order valence-corrected chi connectivity index (χ1v) is 6.01. The maximum atomic E-state index is 11.8. The lowest BCUT2D eigenvalue weighted by molar-refractivity contribution is -0.197. The van der Waals surface area contributed by atoms with Gasteiger partial charge in [0.25, 0.3) is 5.91 Å². The molecule has 3 aliphatic rings. The summed E-state index contributed by atoms with van der Waals surface area (Å²) in [6.45, 7) is 1.51. The molecule has 0 aromatic heterocycles. The van der Waals surface area contributed by atoms with Crippen LogP contribution in [0.3, 0.4) is 0 Å².